The van der Waals surface area contributed by atoms with Crippen LogP contribution in [0.4, 0.5) is 0 Å². The van der Waals surface area contributed by atoms with E-state index < -0.39 is 12.0 Å². The molecule has 0 radical (unpaired) electrons. The van der Waals surface area contributed by atoms with Crippen LogP contribution in [0.5, 0.6) is 0 Å². The van der Waals surface area contributed by atoms with Gasteiger partial charge in [0.1, 0.15) is 6.04 Å². The van der Waals surface area contributed by atoms with Gasteiger partial charge in [-0.1, -0.05) is 41.7 Å². The van der Waals surface area contributed by atoms with Crippen molar-refractivity contribution in [1.82, 2.24) is 4.57 Å². The van der Waals surface area contributed by atoms with Gasteiger partial charge in [0.15, 0.2) is 4.80 Å². The van der Waals surface area contributed by atoms with E-state index in [0.29, 0.717) is 9.68 Å². The van der Waals surface area contributed by atoms with Crippen molar-refractivity contribution in [2.75, 3.05) is 0 Å². The SMILES string of the molecule is CC(C(=O)O)n1c(=NC(=O)c2cc3ccccc3s2)sc2ccccc21. The molecule has 26 heavy (non-hydrogen) atoms. The monoisotopic (exact) mass is 382 g/mol. The number of fused-ring (bicyclic) bond motifs is 2. The van der Waals surface area contributed by atoms with Crippen molar-refractivity contribution >= 4 is 54.9 Å². The highest BCUT2D eigenvalue weighted by Crippen LogP contribution is 2.26. The summed E-state index contributed by atoms with van der Waals surface area (Å²) in [6.45, 7) is 1.59. The van der Waals surface area contributed by atoms with Crippen LogP contribution in [0.25, 0.3) is 20.3 Å². The first-order chi connectivity index (χ1) is 12.5. The lowest BCUT2D eigenvalue weighted by Gasteiger charge is -2.09. The van der Waals surface area contributed by atoms with Crippen LogP contribution in [0.15, 0.2) is 59.6 Å². The Hall–Kier alpha value is -2.77. The normalized spacial score (nSPS) is 13.3. The van der Waals surface area contributed by atoms with Gasteiger partial charge in [-0.2, -0.15) is 4.99 Å². The minimum atomic E-state index is -0.968. The van der Waals surface area contributed by atoms with Crippen molar-refractivity contribution < 1.29 is 14.7 Å². The molecule has 0 fully saturated rings. The summed E-state index contributed by atoms with van der Waals surface area (Å²) in [5, 5.41) is 10.4. The number of carbonyl (C=O) groups excluding carboxylic acids is 1. The lowest BCUT2D eigenvalue weighted by Crippen LogP contribution is -2.25. The maximum atomic E-state index is 12.7. The molecular formula is C19H14N2O3S2. The van der Waals surface area contributed by atoms with Gasteiger partial charge < -0.3 is 9.67 Å². The van der Waals surface area contributed by atoms with Gasteiger partial charge in [0.25, 0.3) is 5.91 Å². The zero-order valence-corrected chi connectivity index (χ0v) is 15.4. The molecule has 0 aliphatic carbocycles. The van der Waals surface area contributed by atoms with Gasteiger partial charge in [-0.25, -0.2) is 4.79 Å². The molecule has 1 amide bonds. The van der Waals surface area contributed by atoms with E-state index in [2.05, 4.69) is 4.99 Å². The molecular weight excluding hydrogens is 368 g/mol. The third kappa shape index (κ3) is 2.85. The third-order valence-electron chi connectivity index (χ3n) is 4.11. The van der Waals surface area contributed by atoms with Crippen LogP contribution in [0.2, 0.25) is 0 Å². The Bertz CT molecular complexity index is 1180. The number of benzene rings is 2. The van der Waals surface area contributed by atoms with Gasteiger partial charge in [-0.15, -0.1) is 11.3 Å². The number of thiophene rings is 1. The summed E-state index contributed by atoms with van der Waals surface area (Å²) < 4.78 is 3.52. The van der Waals surface area contributed by atoms with E-state index in [0.717, 1.165) is 20.3 Å². The van der Waals surface area contributed by atoms with Gasteiger partial charge in [-0.3, -0.25) is 4.79 Å². The molecule has 0 spiro atoms. The molecule has 1 N–H and O–H groups in total. The maximum Gasteiger partial charge on any atom is 0.326 e. The highest BCUT2D eigenvalue weighted by atomic mass is 32.1. The highest BCUT2D eigenvalue weighted by Gasteiger charge is 2.19. The average molecular weight is 382 g/mol. The summed E-state index contributed by atoms with van der Waals surface area (Å²) in [7, 11) is 0. The second kappa shape index (κ2) is 6.51. The fourth-order valence-electron chi connectivity index (χ4n) is 2.78. The van der Waals surface area contributed by atoms with Crippen LogP contribution in [-0.4, -0.2) is 21.6 Å². The predicted octanol–water partition coefficient (Wildman–Crippen LogP) is 4.30. The number of aliphatic carboxylic acids is 1. The molecule has 0 aliphatic heterocycles. The standard InChI is InChI=1S/C19H14N2O3S2/c1-11(18(23)24)21-13-7-3-5-9-15(13)26-19(21)20-17(22)16-10-12-6-2-4-8-14(12)25-16/h2-11H,1H3,(H,23,24). The Morgan fingerprint density at radius 2 is 1.73 bits per heavy atom. The number of nitrogens with zero attached hydrogens (tertiary/aromatic N) is 2. The quantitative estimate of drug-likeness (QED) is 0.574. The average Bonchev–Trinajstić information content (AvgIpc) is 3.22. The van der Waals surface area contributed by atoms with Gasteiger partial charge in [0.05, 0.1) is 15.1 Å². The molecule has 4 aromatic rings. The fourth-order valence-corrected chi connectivity index (χ4v) is 4.83. The van der Waals surface area contributed by atoms with Crippen molar-refractivity contribution in [3.05, 3.63) is 64.3 Å². The van der Waals surface area contributed by atoms with Gasteiger partial charge in [-0.05, 0) is 36.6 Å². The summed E-state index contributed by atoms with van der Waals surface area (Å²) >= 11 is 2.70. The second-order valence-corrected chi connectivity index (χ2v) is 7.89. The number of hydrogen-bond acceptors (Lipinski definition) is 4. The summed E-state index contributed by atoms with van der Waals surface area (Å²) in [5.74, 6) is -1.33. The van der Waals surface area contributed by atoms with Gasteiger partial charge in [0.2, 0.25) is 0 Å². The molecule has 0 saturated carbocycles. The molecule has 2 aromatic carbocycles. The molecule has 1 atom stereocenters. The van der Waals surface area contributed by atoms with E-state index in [-0.39, 0.29) is 5.91 Å². The molecule has 7 heteroatoms. The number of para-hydroxylation sites is 1. The number of amides is 1. The Morgan fingerprint density at radius 1 is 1.04 bits per heavy atom. The van der Waals surface area contributed by atoms with Gasteiger partial charge in [0, 0.05) is 4.70 Å². The predicted molar refractivity (Wildman–Crippen MR) is 104 cm³/mol. The number of carboxylic acids is 1. The second-order valence-electron chi connectivity index (χ2n) is 5.80. The Morgan fingerprint density at radius 3 is 2.46 bits per heavy atom. The summed E-state index contributed by atoms with van der Waals surface area (Å²) in [5.41, 5.74) is 0.760. The van der Waals surface area contributed by atoms with Crippen molar-refractivity contribution in [2.45, 2.75) is 13.0 Å². The zero-order chi connectivity index (χ0) is 18.3. The van der Waals surface area contributed by atoms with E-state index in [1.807, 2.05) is 54.6 Å². The van der Waals surface area contributed by atoms with Crippen LogP contribution in [0.1, 0.15) is 22.6 Å². The molecule has 0 aliphatic rings. The van der Waals surface area contributed by atoms with Crippen molar-refractivity contribution in [3.8, 4) is 0 Å². The molecule has 0 saturated heterocycles. The molecule has 2 aromatic heterocycles. The number of aromatic nitrogens is 1. The van der Waals surface area contributed by atoms with Crippen LogP contribution in [0.3, 0.4) is 0 Å². The Balaban J connectivity index is 1.88. The number of rotatable bonds is 3. The summed E-state index contributed by atoms with van der Waals surface area (Å²) in [6.07, 6.45) is 0. The smallest absolute Gasteiger partial charge is 0.326 e. The lowest BCUT2D eigenvalue weighted by atomic mass is 10.2. The Labute approximate surface area is 156 Å². The van der Waals surface area contributed by atoms with Crippen LogP contribution in [0, 0.1) is 0 Å². The molecule has 0 bridgehead atoms. The largest absolute Gasteiger partial charge is 0.480 e. The number of carboxylic acid groups (broad SMARTS) is 1. The maximum absolute atomic E-state index is 12.7. The lowest BCUT2D eigenvalue weighted by molar-refractivity contribution is -0.140. The van der Waals surface area contributed by atoms with Crippen molar-refractivity contribution in [1.29, 1.82) is 0 Å². The topological polar surface area (TPSA) is 71.7 Å². The molecule has 4 rings (SSSR count). The molecule has 2 heterocycles. The van der Waals surface area contributed by atoms with Gasteiger partial charge >= 0.3 is 5.97 Å². The minimum Gasteiger partial charge on any atom is -0.480 e. The minimum absolute atomic E-state index is 0.357. The first kappa shape index (κ1) is 16.7. The first-order valence-corrected chi connectivity index (χ1v) is 9.58. The van der Waals surface area contributed by atoms with E-state index in [1.54, 1.807) is 11.5 Å². The zero-order valence-electron chi connectivity index (χ0n) is 13.7. The number of carbonyl (C=O) groups is 2. The summed E-state index contributed by atoms with van der Waals surface area (Å²) in [6, 6.07) is 16.2. The van der Waals surface area contributed by atoms with Crippen LogP contribution < -0.4 is 4.80 Å². The molecule has 130 valence electrons. The van der Waals surface area contributed by atoms with E-state index in [4.69, 9.17) is 0 Å². The summed E-state index contributed by atoms with van der Waals surface area (Å²) in [4.78, 5) is 29.4. The molecule has 1 unspecified atom stereocenters. The van der Waals surface area contributed by atoms with Crippen LogP contribution in [-0.2, 0) is 4.79 Å². The molecule has 5 nitrogen and oxygen atoms in total. The van der Waals surface area contributed by atoms with Crippen molar-refractivity contribution in [3.63, 3.8) is 0 Å². The van der Waals surface area contributed by atoms with E-state index in [1.165, 1.54) is 22.7 Å². The van der Waals surface area contributed by atoms with E-state index >= 15 is 0 Å². The first-order valence-electron chi connectivity index (χ1n) is 7.95. The van der Waals surface area contributed by atoms with Crippen LogP contribution >= 0.6 is 22.7 Å². The third-order valence-corrected chi connectivity index (χ3v) is 6.25. The Kier molecular flexibility index (Phi) is 4.18. The van der Waals surface area contributed by atoms with E-state index in [9.17, 15) is 14.7 Å². The number of thiazole rings is 1. The van der Waals surface area contributed by atoms with Crippen molar-refractivity contribution in [2.24, 2.45) is 4.99 Å². The fraction of sp³-hybridized carbons (Fsp3) is 0.105. The highest BCUT2D eigenvalue weighted by molar-refractivity contribution is 7.20. The number of hydrogen-bond donors (Lipinski definition) is 1.